The maximum atomic E-state index is 6.57. The second kappa shape index (κ2) is 11.6. The molecule has 0 radical (unpaired) electrons. The summed E-state index contributed by atoms with van der Waals surface area (Å²) in [4.78, 5) is 13.1. The van der Waals surface area contributed by atoms with E-state index in [1.807, 2.05) is 121 Å². The van der Waals surface area contributed by atoms with Crippen LogP contribution < -0.4 is 9.47 Å². The third-order valence-electron chi connectivity index (χ3n) is 7.90. The van der Waals surface area contributed by atoms with Gasteiger partial charge in [-0.25, -0.2) is 9.78 Å². The molecule has 6 aromatic rings. The van der Waals surface area contributed by atoms with Crippen molar-refractivity contribution in [2.45, 2.75) is 17.6 Å². The van der Waals surface area contributed by atoms with E-state index >= 15 is 0 Å². The van der Waals surface area contributed by atoms with Gasteiger partial charge in [0.05, 0.1) is 0 Å². The minimum absolute atomic E-state index is 0.520. The largest absolute Gasteiger partial charge is 0.457 e. The molecule has 43 heavy (non-hydrogen) atoms. The number of hydrogen-bond donors (Lipinski definition) is 0. The quantitative estimate of drug-likeness (QED) is 0.173. The van der Waals surface area contributed by atoms with Crippen molar-refractivity contribution in [2.75, 3.05) is 0 Å². The molecule has 1 aliphatic rings. The van der Waals surface area contributed by atoms with Gasteiger partial charge < -0.3 is 9.47 Å². The molecule has 0 aliphatic carbocycles. The SMILES string of the molecule is c1ccc(Oc2ccc(C3(c4ccc(Oc5ccccc5)cc4)CC(c4ccccc4)(c4ccccc4)OO3)cc2)cc1. The maximum absolute atomic E-state index is 6.57. The molecule has 1 fully saturated rings. The molecule has 0 amide bonds. The Kier molecular flexibility index (Phi) is 7.22. The highest BCUT2D eigenvalue weighted by atomic mass is 17.2. The third-order valence-corrected chi connectivity index (χ3v) is 7.90. The average molecular weight is 563 g/mol. The molecule has 4 heteroatoms. The number of para-hydroxylation sites is 2. The summed E-state index contributed by atoms with van der Waals surface area (Å²) < 4.78 is 12.2. The Morgan fingerprint density at radius 3 is 0.953 bits per heavy atom. The van der Waals surface area contributed by atoms with Gasteiger partial charge in [0.15, 0.2) is 11.2 Å². The van der Waals surface area contributed by atoms with E-state index < -0.39 is 11.2 Å². The Hall–Kier alpha value is -5.16. The van der Waals surface area contributed by atoms with Crippen LogP contribution in [0.3, 0.4) is 0 Å². The molecule has 6 aromatic carbocycles. The lowest BCUT2D eigenvalue weighted by molar-refractivity contribution is -0.341. The van der Waals surface area contributed by atoms with Crippen molar-refractivity contribution < 1.29 is 19.2 Å². The van der Waals surface area contributed by atoms with Crippen molar-refractivity contribution in [1.82, 2.24) is 0 Å². The van der Waals surface area contributed by atoms with Crippen LogP contribution in [-0.4, -0.2) is 0 Å². The number of ether oxygens (including phenoxy) is 2. The molecule has 210 valence electrons. The summed E-state index contributed by atoms with van der Waals surface area (Å²) in [6.45, 7) is 0. The van der Waals surface area contributed by atoms with E-state index in [2.05, 4.69) is 48.5 Å². The lowest BCUT2D eigenvalue weighted by atomic mass is 9.73. The molecular weight excluding hydrogens is 532 g/mol. The lowest BCUT2D eigenvalue weighted by Gasteiger charge is -2.30. The molecule has 0 N–H and O–H groups in total. The van der Waals surface area contributed by atoms with E-state index in [1.54, 1.807) is 0 Å². The van der Waals surface area contributed by atoms with Crippen molar-refractivity contribution in [1.29, 1.82) is 0 Å². The summed E-state index contributed by atoms with van der Waals surface area (Å²) in [6.07, 6.45) is 0.520. The first-order valence-electron chi connectivity index (χ1n) is 14.4. The molecule has 0 aromatic heterocycles. The monoisotopic (exact) mass is 562 g/mol. The molecule has 0 spiro atoms. The van der Waals surface area contributed by atoms with Crippen LogP contribution in [-0.2, 0) is 21.0 Å². The first-order valence-corrected chi connectivity index (χ1v) is 14.4. The zero-order valence-corrected chi connectivity index (χ0v) is 23.5. The van der Waals surface area contributed by atoms with Crippen molar-refractivity contribution in [3.63, 3.8) is 0 Å². The van der Waals surface area contributed by atoms with Crippen LogP contribution in [0.25, 0.3) is 0 Å². The summed E-state index contributed by atoms with van der Waals surface area (Å²) >= 11 is 0. The van der Waals surface area contributed by atoms with E-state index in [1.165, 1.54) is 0 Å². The highest BCUT2D eigenvalue weighted by molar-refractivity contribution is 5.47. The average Bonchev–Trinajstić information content (AvgIpc) is 3.50. The fourth-order valence-corrected chi connectivity index (χ4v) is 5.73. The van der Waals surface area contributed by atoms with Gasteiger partial charge >= 0.3 is 0 Å². The van der Waals surface area contributed by atoms with Crippen molar-refractivity contribution >= 4 is 0 Å². The maximum Gasteiger partial charge on any atom is 0.157 e. The molecule has 7 rings (SSSR count). The van der Waals surface area contributed by atoms with E-state index in [4.69, 9.17) is 19.2 Å². The van der Waals surface area contributed by atoms with Gasteiger partial charge in [0.2, 0.25) is 0 Å². The Bertz CT molecular complexity index is 1630. The first-order chi connectivity index (χ1) is 21.2. The highest BCUT2D eigenvalue weighted by Crippen LogP contribution is 2.55. The van der Waals surface area contributed by atoms with E-state index in [9.17, 15) is 0 Å². The fraction of sp³-hybridized carbons (Fsp3) is 0.0769. The zero-order valence-electron chi connectivity index (χ0n) is 23.5. The topological polar surface area (TPSA) is 36.9 Å². The predicted molar refractivity (Wildman–Crippen MR) is 167 cm³/mol. The molecule has 0 unspecified atom stereocenters. The molecule has 1 heterocycles. The molecule has 4 nitrogen and oxygen atoms in total. The van der Waals surface area contributed by atoms with Crippen LogP contribution in [0.1, 0.15) is 28.7 Å². The van der Waals surface area contributed by atoms with Gasteiger partial charge in [0, 0.05) is 6.42 Å². The second-order valence-corrected chi connectivity index (χ2v) is 10.6. The number of rotatable bonds is 8. The lowest BCUT2D eigenvalue weighted by Crippen LogP contribution is -2.31. The number of hydrogen-bond acceptors (Lipinski definition) is 4. The first kappa shape index (κ1) is 26.7. The Balaban J connectivity index is 1.30. The van der Waals surface area contributed by atoms with Gasteiger partial charge in [-0.1, -0.05) is 121 Å². The van der Waals surface area contributed by atoms with Gasteiger partial charge in [-0.2, -0.15) is 0 Å². The predicted octanol–water partition coefficient (Wildman–Crippen LogP) is 9.81. The van der Waals surface area contributed by atoms with Crippen molar-refractivity contribution in [2.24, 2.45) is 0 Å². The molecule has 1 aliphatic heterocycles. The van der Waals surface area contributed by atoms with E-state index in [-0.39, 0.29) is 0 Å². The molecule has 1 saturated heterocycles. The van der Waals surface area contributed by atoms with Crippen molar-refractivity contribution in [3.8, 4) is 23.0 Å². The molecule has 0 atom stereocenters. The van der Waals surface area contributed by atoms with E-state index in [0.29, 0.717) is 6.42 Å². The minimum Gasteiger partial charge on any atom is -0.457 e. The smallest absolute Gasteiger partial charge is 0.157 e. The summed E-state index contributed by atoms with van der Waals surface area (Å²) in [5.74, 6) is 3.05. The highest BCUT2D eigenvalue weighted by Gasteiger charge is 2.55. The normalized spacial score (nSPS) is 15.1. The van der Waals surface area contributed by atoms with Crippen LogP contribution in [0.2, 0.25) is 0 Å². The standard InChI is InChI=1S/C39H30O4/c1-5-13-30(14-6-1)38(31-15-7-2-8-16-31)29-39(43-42-38,32-21-25-36(26-22-32)40-34-17-9-3-10-18-34)33-23-27-37(28-24-33)41-35-19-11-4-12-20-35/h1-28H,29H2. The Morgan fingerprint density at radius 2 is 0.605 bits per heavy atom. The summed E-state index contributed by atoms with van der Waals surface area (Å²) in [7, 11) is 0. The van der Waals surface area contributed by atoms with Gasteiger partial charge in [-0.15, -0.1) is 0 Å². The minimum atomic E-state index is -0.914. The van der Waals surface area contributed by atoms with Gasteiger partial charge in [0.1, 0.15) is 23.0 Å². The fourth-order valence-electron chi connectivity index (χ4n) is 5.73. The van der Waals surface area contributed by atoms with Crippen LogP contribution in [0.15, 0.2) is 170 Å². The van der Waals surface area contributed by atoms with Gasteiger partial charge in [-0.05, 0) is 70.8 Å². The summed E-state index contributed by atoms with van der Waals surface area (Å²) in [5, 5.41) is 0. The molecular formula is C39H30O4. The summed E-state index contributed by atoms with van der Waals surface area (Å²) in [5.41, 5.74) is 2.22. The zero-order chi connectivity index (χ0) is 29.0. The summed E-state index contributed by atoms with van der Waals surface area (Å²) in [6, 6.07) is 56.2. The number of benzene rings is 6. The second-order valence-electron chi connectivity index (χ2n) is 10.6. The van der Waals surface area contributed by atoms with Crippen LogP contribution in [0.4, 0.5) is 0 Å². The Labute approximate surface area is 251 Å². The third kappa shape index (κ3) is 5.30. The van der Waals surface area contributed by atoms with Crippen molar-refractivity contribution in [3.05, 3.63) is 192 Å². The molecule has 0 saturated carbocycles. The Morgan fingerprint density at radius 1 is 0.326 bits per heavy atom. The van der Waals surface area contributed by atoms with Gasteiger partial charge in [-0.3, -0.25) is 0 Å². The van der Waals surface area contributed by atoms with Crippen LogP contribution in [0.5, 0.6) is 23.0 Å². The molecule has 0 bridgehead atoms. The van der Waals surface area contributed by atoms with Crippen LogP contribution in [0, 0.1) is 0 Å². The van der Waals surface area contributed by atoms with E-state index in [0.717, 1.165) is 45.3 Å². The van der Waals surface area contributed by atoms with Crippen LogP contribution >= 0.6 is 0 Å². The van der Waals surface area contributed by atoms with Gasteiger partial charge in [0.25, 0.3) is 0 Å².